The fourth-order valence-corrected chi connectivity index (χ4v) is 3.88. The second-order valence-corrected chi connectivity index (χ2v) is 6.85. The van der Waals surface area contributed by atoms with Crippen molar-refractivity contribution in [2.24, 2.45) is 5.92 Å². The predicted molar refractivity (Wildman–Crippen MR) is 98.5 cm³/mol. The third-order valence-corrected chi connectivity index (χ3v) is 5.21. The molecule has 2 aromatic carbocycles. The first-order chi connectivity index (χ1) is 11.4. The normalized spacial score (nSPS) is 16.8. The lowest BCUT2D eigenvalue weighted by Gasteiger charge is -2.38. The maximum atomic E-state index is 2.69. The van der Waals surface area contributed by atoms with Crippen LogP contribution >= 0.6 is 0 Å². The molecule has 1 fully saturated rings. The highest BCUT2D eigenvalue weighted by molar-refractivity contribution is 5.31. The standard InChI is InChI=1S/C22H29N/c1-2-3-10-19-15-17-23(18-16-19)22(20-11-6-4-7-12-20)21-13-8-5-9-14-21/h4-9,11-14,19,22H,2-3,10,15-18H2,1H3. The average Bonchev–Trinajstić information content (AvgIpc) is 2.63. The Morgan fingerprint density at radius 1 is 0.870 bits per heavy atom. The van der Waals surface area contributed by atoms with E-state index in [-0.39, 0.29) is 0 Å². The number of hydrogen-bond acceptors (Lipinski definition) is 1. The summed E-state index contributed by atoms with van der Waals surface area (Å²) in [6.07, 6.45) is 6.86. The number of piperidine rings is 1. The summed E-state index contributed by atoms with van der Waals surface area (Å²) in [4.78, 5) is 2.69. The van der Waals surface area contributed by atoms with E-state index in [4.69, 9.17) is 0 Å². The lowest BCUT2D eigenvalue weighted by Crippen LogP contribution is -2.37. The molecule has 0 aliphatic carbocycles. The maximum absolute atomic E-state index is 2.69. The molecule has 1 aliphatic rings. The molecule has 0 spiro atoms. The molecule has 1 aliphatic heterocycles. The SMILES string of the molecule is CCCCC1CCN(C(c2ccccc2)c2ccccc2)CC1. The van der Waals surface area contributed by atoms with Gasteiger partial charge in [-0.2, -0.15) is 0 Å². The Morgan fingerprint density at radius 2 is 1.39 bits per heavy atom. The van der Waals surface area contributed by atoms with Crippen LogP contribution in [0, 0.1) is 5.92 Å². The van der Waals surface area contributed by atoms with E-state index in [9.17, 15) is 0 Å². The molecular weight excluding hydrogens is 278 g/mol. The molecule has 0 aromatic heterocycles. The summed E-state index contributed by atoms with van der Waals surface area (Å²) in [7, 11) is 0. The zero-order valence-corrected chi connectivity index (χ0v) is 14.3. The van der Waals surface area contributed by atoms with Crippen LogP contribution in [0.2, 0.25) is 0 Å². The Kier molecular flexibility index (Phi) is 5.87. The number of likely N-dealkylation sites (tertiary alicyclic amines) is 1. The van der Waals surface area contributed by atoms with E-state index in [1.165, 1.54) is 56.3 Å². The molecule has 0 amide bonds. The van der Waals surface area contributed by atoms with Gasteiger partial charge in [-0.3, -0.25) is 4.90 Å². The van der Waals surface area contributed by atoms with Crippen LogP contribution in [0.5, 0.6) is 0 Å². The van der Waals surface area contributed by atoms with Crippen molar-refractivity contribution >= 4 is 0 Å². The van der Waals surface area contributed by atoms with Gasteiger partial charge in [0.2, 0.25) is 0 Å². The van der Waals surface area contributed by atoms with E-state index in [1.807, 2.05) is 0 Å². The van der Waals surface area contributed by atoms with E-state index in [2.05, 4.69) is 72.5 Å². The number of nitrogens with zero attached hydrogens (tertiary/aromatic N) is 1. The Hall–Kier alpha value is -1.60. The molecule has 23 heavy (non-hydrogen) atoms. The van der Waals surface area contributed by atoms with Crippen LogP contribution in [-0.2, 0) is 0 Å². The van der Waals surface area contributed by atoms with Crippen molar-refractivity contribution < 1.29 is 0 Å². The van der Waals surface area contributed by atoms with Gasteiger partial charge >= 0.3 is 0 Å². The van der Waals surface area contributed by atoms with E-state index in [0.29, 0.717) is 6.04 Å². The number of hydrogen-bond donors (Lipinski definition) is 0. The molecule has 1 heterocycles. The lowest BCUT2D eigenvalue weighted by atomic mass is 9.88. The molecule has 3 rings (SSSR count). The molecule has 0 saturated carbocycles. The second kappa shape index (κ2) is 8.31. The van der Waals surface area contributed by atoms with Crippen molar-refractivity contribution in [1.29, 1.82) is 0 Å². The van der Waals surface area contributed by atoms with Gasteiger partial charge in [0.25, 0.3) is 0 Å². The van der Waals surface area contributed by atoms with Crippen LogP contribution in [0.15, 0.2) is 60.7 Å². The van der Waals surface area contributed by atoms with Crippen LogP contribution in [0.4, 0.5) is 0 Å². The summed E-state index contributed by atoms with van der Waals surface area (Å²) in [5.41, 5.74) is 2.84. The van der Waals surface area contributed by atoms with Gasteiger partial charge in [-0.15, -0.1) is 0 Å². The number of rotatable bonds is 6. The van der Waals surface area contributed by atoms with E-state index < -0.39 is 0 Å². The summed E-state index contributed by atoms with van der Waals surface area (Å²) in [6.45, 7) is 4.75. The highest BCUT2D eigenvalue weighted by Crippen LogP contribution is 2.33. The Labute approximate surface area is 141 Å². The number of benzene rings is 2. The van der Waals surface area contributed by atoms with E-state index in [1.54, 1.807) is 0 Å². The topological polar surface area (TPSA) is 3.24 Å². The molecule has 1 saturated heterocycles. The summed E-state index contributed by atoms with van der Waals surface area (Å²) < 4.78 is 0. The van der Waals surface area contributed by atoms with Crippen molar-refractivity contribution in [3.63, 3.8) is 0 Å². The van der Waals surface area contributed by atoms with Gasteiger partial charge in [-0.05, 0) is 43.0 Å². The first-order valence-corrected chi connectivity index (χ1v) is 9.22. The first-order valence-electron chi connectivity index (χ1n) is 9.22. The van der Waals surface area contributed by atoms with Crippen LogP contribution in [0.3, 0.4) is 0 Å². The zero-order chi connectivity index (χ0) is 15.9. The molecule has 0 N–H and O–H groups in total. The Balaban J connectivity index is 1.75. The molecule has 0 bridgehead atoms. The van der Waals surface area contributed by atoms with Crippen molar-refractivity contribution in [2.75, 3.05) is 13.1 Å². The predicted octanol–water partition coefficient (Wildman–Crippen LogP) is 5.68. The smallest absolute Gasteiger partial charge is 0.0601 e. The summed E-state index contributed by atoms with van der Waals surface area (Å²) >= 11 is 0. The van der Waals surface area contributed by atoms with Crippen molar-refractivity contribution in [3.8, 4) is 0 Å². The van der Waals surface area contributed by atoms with Crippen LogP contribution < -0.4 is 0 Å². The maximum Gasteiger partial charge on any atom is 0.0601 e. The molecule has 0 radical (unpaired) electrons. The Bertz CT molecular complexity index is 516. The Morgan fingerprint density at radius 3 is 1.87 bits per heavy atom. The summed E-state index contributed by atoms with van der Waals surface area (Å²) in [5, 5.41) is 0. The monoisotopic (exact) mass is 307 g/mol. The molecule has 0 atom stereocenters. The first kappa shape index (κ1) is 16.3. The minimum atomic E-state index is 0.407. The third kappa shape index (κ3) is 4.23. The molecule has 0 unspecified atom stereocenters. The van der Waals surface area contributed by atoms with Gasteiger partial charge in [0, 0.05) is 0 Å². The fraction of sp³-hybridized carbons (Fsp3) is 0.455. The fourth-order valence-electron chi connectivity index (χ4n) is 3.88. The second-order valence-electron chi connectivity index (χ2n) is 6.85. The van der Waals surface area contributed by atoms with Crippen LogP contribution in [0.25, 0.3) is 0 Å². The average molecular weight is 307 g/mol. The van der Waals surface area contributed by atoms with Crippen LogP contribution in [-0.4, -0.2) is 18.0 Å². The minimum Gasteiger partial charge on any atom is -0.292 e. The molecule has 1 nitrogen and oxygen atoms in total. The van der Waals surface area contributed by atoms with Crippen molar-refractivity contribution in [1.82, 2.24) is 4.90 Å². The van der Waals surface area contributed by atoms with Crippen molar-refractivity contribution in [3.05, 3.63) is 71.8 Å². The van der Waals surface area contributed by atoms with Crippen LogP contribution in [0.1, 0.15) is 56.2 Å². The lowest BCUT2D eigenvalue weighted by molar-refractivity contribution is 0.146. The molecule has 1 heteroatoms. The third-order valence-electron chi connectivity index (χ3n) is 5.21. The highest BCUT2D eigenvalue weighted by atomic mass is 15.2. The van der Waals surface area contributed by atoms with Gasteiger partial charge in [0.05, 0.1) is 6.04 Å². The molecular formula is C22H29N. The largest absolute Gasteiger partial charge is 0.292 e. The van der Waals surface area contributed by atoms with Gasteiger partial charge < -0.3 is 0 Å². The van der Waals surface area contributed by atoms with Gasteiger partial charge in [-0.1, -0.05) is 86.8 Å². The van der Waals surface area contributed by atoms with Gasteiger partial charge in [-0.25, -0.2) is 0 Å². The minimum absolute atomic E-state index is 0.407. The zero-order valence-electron chi connectivity index (χ0n) is 14.3. The van der Waals surface area contributed by atoms with E-state index >= 15 is 0 Å². The van der Waals surface area contributed by atoms with Gasteiger partial charge in [0.15, 0.2) is 0 Å². The van der Waals surface area contributed by atoms with Gasteiger partial charge in [0.1, 0.15) is 0 Å². The summed E-state index contributed by atoms with van der Waals surface area (Å²) in [6, 6.07) is 22.4. The van der Waals surface area contributed by atoms with E-state index in [0.717, 1.165) is 5.92 Å². The molecule has 122 valence electrons. The number of unbranched alkanes of at least 4 members (excludes halogenated alkanes) is 1. The molecule has 2 aromatic rings. The summed E-state index contributed by atoms with van der Waals surface area (Å²) in [5.74, 6) is 0.943. The van der Waals surface area contributed by atoms with Crippen molar-refractivity contribution in [2.45, 2.75) is 45.1 Å². The highest BCUT2D eigenvalue weighted by Gasteiger charge is 2.26. The quantitative estimate of drug-likeness (QED) is 0.664.